The standard InChI is InChI=1S/C16H11F2N5O/c1-9-7-14(20-10-4-5-11(17)12(18)8-10)23-16(19-9)21-15(22-23)13-3-2-6-24-13/h2-8,20H,1H3. The molecule has 0 aliphatic heterocycles. The highest BCUT2D eigenvalue weighted by molar-refractivity contribution is 5.60. The molecule has 3 heterocycles. The van der Waals surface area contributed by atoms with Gasteiger partial charge < -0.3 is 9.73 Å². The number of benzene rings is 1. The second-order valence-electron chi connectivity index (χ2n) is 5.16. The zero-order valence-electron chi connectivity index (χ0n) is 12.5. The van der Waals surface area contributed by atoms with Crippen LogP contribution in [0.5, 0.6) is 0 Å². The Labute approximate surface area is 134 Å². The Kier molecular flexibility index (Phi) is 3.23. The third-order valence-corrected chi connectivity index (χ3v) is 3.37. The van der Waals surface area contributed by atoms with Crippen LogP contribution in [0.1, 0.15) is 5.69 Å². The second-order valence-corrected chi connectivity index (χ2v) is 5.16. The summed E-state index contributed by atoms with van der Waals surface area (Å²) < 4.78 is 33.2. The number of hydrogen-bond acceptors (Lipinski definition) is 5. The van der Waals surface area contributed by atoms with Crippen molar-refractivity contribution in [2.45, 2.75) is 6.92 Å². The van der Waals surface area contributed by atoms with Gasteiger partial charge in [-0.1, -0.05) is 0 Å². The first-order chi connectivity index (χ1) is 11.6. The average Bonchev–Trinajstić information content (AvgIpc) is 3.19. The third-order valence-electron chi connectivity index (χ3n) is 3.37. The van der Waals surface area contributed by atoms with Crippen LogP contribution in [0.2, 0.25) is 0 Å². The summed E-state index contributed by atoms with van der Waals surface area (Å²) in [5.41, 5.74) is 1.09. The largest absolute Gasteiger partial charge is 0.461 e. The Morgan fingerprint density at radius 2 is 1.96 bits per heavy atom. The molecule has 0 unspecified atom stereocenters. The van der Waals surface area contributed by atoms with Crippen molar-refractivity contribution in [3.8, 4) is 11.6 Å². The number of furan rings is 1. The van der Waals surface area contributed by atoms with E-state index in [0.29, 0.717) is 34.6 Å². The fourth-order valence-corrected chi connectivity index (χ4v) is 2.31. The minimum Gasteiger partial charge on any atom is -0.461 e. The smallest absolute Gasteiger partial charge is 0.255 e. The quantitative estimate of drug-likeness (QED) is 0.621. The van der Waals surface area contributed by atoms with Crippen LogP contribution in [0.15, 0.2) is 47.1 Å². The van der Waals surface area contributed by atoms with Gasteiger partial charge in [-0.3, -0.25) is 0 Å². The predicted octanol–water partition coefficient (Wildman–Crippen LogP) is 3.71. The highest BCUT2D eigenvalue weighted by Gasteiger charge is 2.13. The molecular weight excluding hydrogens is 316 g/mol. The Morgan fingerprint density at radius 3 is 2.71 bits per heavy atom. The zero-order valence-corrected chi connectivity index (χ0v) is 12.5. The van der Waals surface area contributed by atoms with E-state index in [2.05, 4.69) is 20.4 Å². The summed E-state index contributed by atoms with van der Waals surface area (Å²) in [6, 6.07) is 8.77. The first-order valence-electron chi connectivity index (χ1n) is 7.10. The average molecular weight is 327 g/mol. The molecule has 0 aliphatic rings. The molecule has 0 atom stereocenters. The fraction of sp³-hybridized carbons (Fsp3) is 0.0625. The van der Waals surface area contributed by atoms with E-state index in [9.17, 15) is 8.78 Å². The third kappa shape index (κ3) is 2.47. The normalized spacial score (nSPS) is 11.1. The van der Waals surface area contributed by atoms with E-state index >= 15 is 0 Å². The second kappa shape index (κ2) is 5.41. The van der Waals surface area contributed by atoms with Gasteiger partial charge in [-0.2, -0.15) is 9.50 Å². The number of halogens is 2. The monoisotopic (exact) mass is 327 g/mol. The summed E-state index contributed by atoms with van der Waals surface area (Å²) in [4.78, 5) is 8.64. The maximum absolute atomic E-state index is 13.4. The minimum atomic E-state index is -0.933. The number of nitrogens with one attached hydrogen (secondary N) is 1. The van der Waals surface area contributed by atoms with Gasteiger partial charge in [0, 0.05) is 23.5 Å². The van der Waals surface area contributed by atoms with Crippen LogP contribution in [0.25, 0.3) is 17.4 Å². The Hall–Kier alpha value is -3.29. The first kappa shape index (κ1) is 14.3. The van der Waals surface area contributed by atoms with Crippen molar-refractivity contribution >= 4 is 17.3 Å². The molecule has 0 amide bonds. The molecule has 1 aromatic carbocycles. The number of anilines is 2. The van der Waals surface area contributed by atoms with Crippen molar-refractivity contribution in [1.82, 2.24) is 19.6 Å². The number of hydrogen-bond donors (Lipinski definition) is 1. The molecule has 0 spiro atoms. The molecule has 3 aromatic heterocycles. The first-order valence-corrected chi connectivity index (χ1v) is 7.10. The molecule has 4 rings (SSSR count). The highest BCUT2D eigenvalue weighted by atomic mass is 19.2. The maximum atomic E-state index is 13.4. The van der Waals surface area contributed by atoms with Gasteiger partial charge in [-0.25, -0.2) is 13.8 Å². The van der Waals surface area contributed by atoms with Crippen molar-refractivity contribution in [1.29, 1.82) is 0 Å². The number of aromatic nitrogens is 4. The molecule has 120 valence electrons. The lowest BCUT2D eigenvalue weighted by molar-refractivity contribution is 0.509. The summed E-state index contributed by atoms with van der Waals surface area (Å²) >= 11 is 0. The summed E-state index contributed by atoms with van der Waals surface area (Å²) in [6.45, 7) is 1.80. The molecule has 4 aromatic rings. The highest BCUT2D eigenvalue weighted by Crippen LogP contribution is 2.22. The fourth-order valence-electron chi connectivity index (χ4n) is 2.31. The van der Waals surface area contributed by atoms with E-state index in [-0.39, 0.29) is 0 Å². The van der Waals surface area contributed by atoms with Crippen LogP contribution >= 0.6 is 0 Å². The molecule has 0 aliphatic carbocycles. The lowest BCUT2D eigenvalue weighted by atomic mass is 10.3. The van der Waals surface area contributed by atoms with E-state index in [1.54, 1.807) is 25.1 Å². The topological polar surface area (TPSA) is 68.2 Å². The molecule has 8 heteroatoms. The molecule has 0 saturated heterocycles. The summed E-state index contributed by atoms with van der Waals surface area (Å²) in [5.74, 6) is -0.0574. The van der Waals surface area contributed by atoms with E-state index in [1.165, 1.54) is 16.8 Å². The van der Waals surface area contributed by atoms with Gasteiger partial charge >= 0.3 is 0 Å². The van der Waals surface area contributed by atoms with Crippen LogP contribution in [0.4, 0.5) is 20.3 Å². The van der Waals surface area contributed by atoms with Crippen LogP contribution in [-0.4, -0.2) is 19.6 Å². The summed E-state index contributed by atoms with van der Waals surface area (Å²) in [7, 11) is 0. The molecule has 24 heavy (non-hydrogen) atoms. The van der Waals surface area contributed by atoms with Crippen LogP contribution in [0, 0.1) is 18.6 Å². The van der Waals surface area contributed by atoms with Gasteiger partial charge in [0.1, 0.15) is 5.82 Å². The Bertz CT molecular complexity index is 1030. The van der Waals surface area contributed by atoms with Crippen molar-refractivity contribution < 1.29 is 13.2 Å². The molecule has 0 bridgehead atoms. The predicted molar refractivity (Wildman–Crippen MR) is 82.9 cm³/mol. The Balaban J connectivity index is 1.80. The van der Waals surface area contributed by atoms with Gasteiger partial charge in [0.05, 0.1) is 6.26 Å². The maximum Gasteiger partial charge on any atom is 0.255 e. The van der Waals surface area contributed by atoms with Gasteiger partial charge in [0.2, 0.25) is 5.82 Å². The molecule has 6 nitrogen and oxygen atoms in total. The van der Waals surface area contributed by atoms with E-state index in [4.69, 9.17) is 4.42 Å². The number of aryl methyl sites for hydroxylation is 1. The van der Waals surface area contributed by atoms with Gasteiger partial charge in [-0.05, 0) is 31.2 Å². The zero-order chi connectivity index (χ0) is 16.7. The lowest BCUT2D eigenvalue weighted by Crippen LogP contribution is -2.03. The molecule has 0 radical (unpaired) electrons. The lowest BCUT2D eigenvalue weighted by Gasteiger charge is -2.08. The molecule has 1 N–H and O–H groups in total. The van der Waals surface area contributed by atoms with Crippen molar-refractivity contribution in [2.24, 2.45) is 0 Å². The van der Waals surface area contributed by atoms with E-state index < -0.39 is 11.6 Å². The summed E-state index contributed by atoms with van der Waals surface area (Å²) in [5, 5.41) is 7.35. The molecule has 0 saturated carbocycles. The number of fused-ring (bicyclic) bond motifs is 1. The summed E-state index contributed by atoms with van der Waals surface area (Å²) in [6.07, 6.45) is 1.53. The van der Waals surface area contributed by atoms with E-state index in [0.717, 1.165) is 12.1 Å². The van der Waals surface area contributed by atoms with Gasteiger partial charge in [0.25, 0.3) is 5.78 Å². The Morgan fingerprint density at radius 1 is 1.08 bits per heavy atom. The van der Waals surface area contributed by atoms with E-state index in [1.807, 2.05) is 0 Å². The van der Waals surface area contributed by atoms with Crippen molar-refractivity contribution in [2.75, 3.05) is 5.32 Å². The van der Waals surface area contributed by atoms with Crippen LogP contribution < -0.4 is 5.32 Å². The van der Waals surface area contributed by atoms with Gasteiger partial charge in [-0.15, -0.1) is 5.10 Å². The van der Waals surface area contributed by atoms with Crippen molar-refractivity contribution in [3.63, 3.8) is 0 Å². The SMILES string of the molecule is Cc1cc(Nc2ccc(F)c(F)c2)n2nc(-c3ccco3)nc2n1. The van der Waals surface area contributed by atoms with Gasteiger partial charge in [0.15, 0.2) is 17.4 Å². The van der Waals surface area contributed by atoms with Crippen molar-refractivity contribution in [3.05, 3.63) is 60.0 Å². The molecule has 0 fully saturated rings. The minimum absolute atomic E-state index is 0.367. The van der Waals surface area contributed by atoms with Crippen LogP contribution in [0.3, 0.4) is 0 Å². The number of rotatable bonds is 3. The van der Waals surface area contributed by atoms with Crippen LogP contribution in [-0.2, 0) is 0 Å². The number of nitrogens with zero attached hydrogens (tertiary/aromatic N) is 4. The molecular formula is C16H11F2N5O.